The number of hydrogen-bond acceptors (Lipinski definition) is 2. The van der Waals surface area contributed by atoms with Crippen molar-refractivity contribution in [2.45, 2.75) is 52.7 Å². The molecular formula is C15H22N2OS. The first kappa shape index (κ1) is 14.1. The summed E-state index contributed by atoms with van der Waals surface area (Å²) in [6, 6.07) is 6.11. The van der Waals surface area contributed by atoms with Gasteiger partial charge in [-0.1, -0.05) is 25.8 Å². The Morgan fingerprint density at radius 3 is 2.79 bits per heavy atom. The lowest BCUT2D eigenvalue weighted by Gasteiger charge is -2.10. The van der Waals surface area contributed by atoms with Gasteiger partial charge in [0.15, 0.2) is 4.77 Å². The van der Waals surface area contributed by atoms with Crippen molar-refractivity contribution in [3.63, 3.8) is 0 Å². The third-order valence-corrected chi connectivity index (χ3v) is 3.44. The normalized spacial score (nSPS) is 11.4. The Balaban J connectivity index is 2.38. The third-order valence-electron chi connectivity index (χ3n) is 3.12. The van der Waals surface area contributed by atoms with E-state index in [1.54, 1.807) is 0 Å². The minimum Gasteiger partial charge on any atom is -0.489 e. The van der Waals surface area contributed by atoms with E-state index in [0.717, 1.165) is 34.5 Å². The lowest BCUT2D eigenvalue weighted by molar-refractivity contribution is 0.245. The molecule has 0 bridgehead atoms. The fourth-order valence-electron chi connectivity index (χ4n) is 2.25. The molecule has 0 radical (unpaired) electrons. The highest BCUT2D eigenvalue weighted by atomic mass is 32.1. The highest BCUT2D eigenvalue weighted by Crippen LogP contribution is 2.26. The Labute approximate surface area is 119 Å². The van der Waals surface area contributed by atoms with Crippen molar-refractivity contribution in [3.8, 4) is 5.75 Å². The molecule has 0 amide bonds. The van der Waals surface area contributed by atoms with Crippen LogP contribution in [0.4, 0.5) is 0 Å². The zero-order valence-corrected chi connectivity index (χ0v) is 12.7. The standard InChI is InChI=1S/C15H22N2OS/c1-4-5-6-10-17-12-8-7-9-13(18-11(2)3)14(12)16-15(17)19/h7-9,11H,4-6,10H2,1-3H3,(H,16,19). The van der Waals surface area contributed by atoms with Crippen LogP contribution >= 0.6 is 12.2 Å². The van der Waals surface area contributed by atoms with Crippen molar-refractivity contribution < 1.29 is 4.74 Å². The summed E-state index contributed by atoms with van der Waals surface area (Å²) in [6.45, 7) is 7.25. The Hall–Kier alpha value is -1.29. The first-order valence-electron chi connectivity index (χ1n) is 7.01. The van der Waals surface area contributed by atoms with Crippen LogP contribution in [0.5, 0.6) is 5.75 Å². The number of rotatable bonds is 6. The third kappa shape index (κ3) is 3.18. The van der Waals surface area contributed by atoms with Gasteiger partial charge < -0.3 is 14.3 Å². The second-order valence-corrected chi connectivity index (χ2v) is 5.49. The number of aromatic nitrogens is 2. The van der Waals surface area contributed by atoms with Crippen LogP contribution in [0.2, 0.25) is 0 Å². The van der Waals surface area contributed by atoms with E-state index in [9.17, 15) is 0 Å². The Bertz CT molecular complexity index is 598. The number of benzene rings is 1. The second-order valence-electron chi connectivity index (χ2n) is 5.11. The van der Waals surface area contributed by atoms with Crippen molar-refractivity contribution in [3.05, 3.63) is 23.0 Å². The van der Waals surface area contributed by atoms with E-state index in [1.165, 1.54) is 12.8 Å². The van der Waals surface area contributed by atoms with Crippen LogP contribution < -0.4 is 4.74 Å². The molecule has 19 heavy (non-hydrogen) atoms. The predicted octanol–water partition coefficient (Wildman–Crippen LogP) is 4.68. The van der Waals surface area contributed by atoms with Crippen molar-refractivity contribution >= 4 is 23.3 Å². The van der Waals surface area contributed by atoms with Gasteiger partial charge in [-0.3, -0.25) is 0 Å². The number of para-hydroxylation sites is 1. The first-order chi connectivity index (χ1) is 9.13. The molecule has 104 valence electrons. The molecule has 1 N–H and O–H groups in total. The number of nitrogens with zero attached hydrogens (tertiary/aromatic N) is 1. The predicted molar refractivity (Wildman–Crippen MR) is 82.4 cm³/mol. The van der Waals surface area contributed by atoms with Gasteiger partial charge in [0.1, 0.15) is 11.3 Å². The quantitative estimate of drug-likeness (QED) is 0.614. The van der Waals surface area contributed by atoms with Gasteiger partial charge in [-0.25, -0.2) is 0 Å². The van der Waals surface area contributed by atoms with Crippen molar-refractivity contribution in [1.82, 2.24) is 9.55 Å². The zero-order valence-electron chi connectivity index (χ0n) is 11.9. The topological polar surface area (TPSA) is 29.9 Å². The van der Waals surface area contributed by atoms with Crippen LogP contribution in [0.1, 0.15) is 40.0 Å². The van der Waals surface area contributed by atoms with Crippen LogP contribution in [0, 0.1) is 4.77 Å². The summed E-state index contributed by atoms with van der Waals surface area (Å²) in [5.41, 5.74) is 2.15. The second kappa shape index (κ2) is 6.24. The molecule has 0 aliphatic carbocycles. The summed E-state index contributed by atoms with van der Waals surface area (Å²) >= 11 is 5.43. The number of fused-ring (bicyclic) bond motifs is 1. The molecule has 2 aromatic rings. The molecule has 0 atom stereocenters. The molecule has 0 saturated carbocycles. The van der Waals surface area contributed by atoms with Crippen molar-refractivity contribution in [2.75, 3.05) is 0 Å². The van der Waals surface area contributed by atoms with E-state index in [0.29, 0.717) is 0 Å². The molecule has 0 aliphatic heterocycles. The van der Waals surface area contributed by atoms with Gasteiger partial charge in [-0.05, 0) is 44.6 Å². The number of nitrogens with one attached hydrogen (secondary N) is 1. The number of ether oxygens (including phenoxy) is 1. The number of aromatic amines is 1. The van der Waals surface area contributed by atoms with E-state index in [-0.39, 0.29) is 6.10 Å². The van der Waals surface area contributed by atoms with Gasteiger partial charge in [0.2, 0.25) is 0 Å². The molecule has 1 aromatic carbocycles. The van der Waals surface area contributed by atoms with Crippen molar-refractivity contribution in [2.24, 2.45) is 0 Å². The molecule has 0 fully saturated rings. The van der Waals surface area contributed by atoms with Gasteiger partial charge in [-0.2, -0.15) is 0 Å². The molecular weight excluding hydrogens is 256 g/mol. The van der Waals surface area contributed by atoms with Gasteiger partial charge in [-0.15, -0.1) is 0 Å². The van der Waals surface area contributed by atoms with Crippen LogP contribution in [0.25, 0.3) is 11.0 Å². The molecule has 1 heterocycles. The number of aryl methyl sites for hydroxylation is 1. The number of unbranched alkanes of at least 4 members (excludes halogenated alkanes) is 2. The molecule has 4 heteroatoms. The summed E-state index contributed by atoms with van der Waals surface area (Å²) in [5.74, 6) is 0.882. The van der Waals surface area contributed by atoms with Crippen LogP contribution in [0.3, 0.4) is 0 Å². The smallest absolute Gasteiger partial charge is 0.178 e. The van der Waals surface area contributed by atoms with Crippen LogP contribution in [-0.2, 0) is 6.54 Å². The molecule has 1 aromatic heterocycles. The SMILES string of the molecule is CCCCCn1c(=S)[nH]c2c(OC(C)C)cccc21. The highest BCUT2D eigenvalue weighted by molar-refractivity contribution is 7.71. The van der Waals surface area contributed by atoms with E-state index in [1.807, 2.05) is 26.0 Å². The van der Waals surface area contributed by atoms with E-state index < -0.39 is 0 Å². The monoisotopic (exact) mass is 278 g/mol. The maximum atomic E-state index is 5.83. The minimum absolute atomic E-state index is 0.163. The number of hydrogen-bond donors (Lipinski definition) is 1. The summed E-state index contributed by atoms with van der Waals surface area (Å²) < 4.78 is 8.79. The number of H-pyrrole nitrogens is 1. The average molecular weight is 278 g/mol. The van der Waals surface area contributed by atoms with Crippen LogP contribution in [-0.4, -0.2) is 15.7 Å². The molecule has 0 saturated heterocycles. The molecule has 0 unspecified atom stereocenters. The fourth-order valence-corrected chi connectivity index (χ4v) is 2.54. The Morgan fingerprint density at radius 2 is 2.11 bits per heavy atom. The van der Waals surface area contributed by atoms with E-state index >= 15 is 0 Å². The minimum atomic E-state index is 0.163. The van der Waals surface area contributed by atoms with Gasteiger partial charge in [0.05, 0.1) is 11.6 Å². The first-order valence-corrected chi connectivity index (χ1v) is 7.42. The summed E-state index contributed by atoms with van der Waals surface area (Å²) in [5, 5.41) is 0. The largest absolute Gasteiger partial charge is 0.489 e. The average Bonchev–Trinajstić information content (AvgIpc) is 2.67. The number of imidazole rings is 1. The van der Waals surface area contributed by atoms with Crippen molar-refractivity contribution in [1.29, 1.82) is 0 Å². The van der Waals surface area contributed by atoms with Gasteiger partial charge in [0, 0.05) is 6.54 Å². The summed E-state index contributed by atoms with van der Waals surface area (Å²) in [6.07, 6.45) is 3.78. The Kier molecular flexibility index (Phi) is 4.64. The highest BCUT2D eigenvalue weighted by Gasteiger charge is 2.09. The van der Waals surface area contributed by atoms with E-state index in [2.05, 4.69) is 22.5 Å². The maximum absolute atomic E-state index is 5.83. The zero-order chi connectivity index (χ0) is 13.8. The van der Waals surface area contributed by atoms with E-state index in [4.69, 9.17) is 17.0 Å². The van der Waals surface area contributed by atoms with Crippen LogP contribution in [0.15, 0.2) is 18.2 Å². The van der Waals surface area contributed by atoms with Gasteiger partial charge in [0.25, 0.3) is 0 Å². The molecule has 3 nitrogen and oxygen atoms in total. The lowest BCUT2D eigenvalue weighted by atomic mass is 10.2. The van der Waals surface area contributed by atoms with Gasteiger partial charge >= 0.3 is 0 Å². The Morgan fingerprint density at radius 1 is 1.32 bits per heavy atom. The maximum Gasteiger partial charge on any atom is 0.178 e. The fraction of sp³-hybridized carbons (Fsp3) is 0.533. The molecule has 0 aliphatic rings. The summed E-state index contributed by atoms with van der Waals surface area (Å²) in [7, 11) is 0. The molecule has 2 rings (SSSR count). The summed E-state index contributed by atoms with van der Waals surface area (Å²) in [4.78, 5) is 3.28. The lowest BCUT2D eigenvalue weighted by Crippen LogP contribution is -2.05. The molecule has 0 spiro atoms.